The van der Waals surface area contributed by atoms with Gasteiger partial charge in [-0.05, 0) is 25.5 Å². The third kappa shape index (κ3) is 6.55. The maximum Gasteiger partial charge on any atom is 1.00 e. The molecule has 0 bridgehead atoms. The summed E-state index contributed by atoms with van der Waals surface area (Å²) in [7, 11) is 0. The minimum atomic E-state index is -1.32. The maximum atomic E-state index is 12.7. The van der Waals surface area contributed by atoms with Crippen LogP contribution in [0.2, 0.25) is 0 Å². The van der Waals surface area contributed by atoms with Crippen molar-refractivity contribution in [2.75, 3.05) is 18.1 Å². The third-order valence-corrected chi connectivity index (χ3v) is 6.49. The van der Waals surface area contributed by atoms with Crippen molar-refractivity contribution in [2.24, 2.45) is 10.1 Å². The molecule has 0 saturated carbocycles. The SMILES string of the molecule is CC(C)NC(=O)OC/C=C\C1=C(C(=O)O)N2C(=O)[C@@H](N=C([O-])/C(=N/O)c3csc(N)n3)[C@H]2SC1.[Na+]. The predicted molar refractivity (Wildman–Crippen MR) is 123 cm³/mol. The Morgan fingerprint density at radius 2 is 2.20 bits per heavy atom. The summed E-state index contributed by atoms with van der Waals surface area (Å²) >= 11 is 2.25. The smallest absolute Gasteiger partial charge is 0.857 e. The first-order chi connectivity index (χ1) is 16.1. The van der Waals surface area contributed by atoms with Crippen molar-refractivity contribution in [1.82, 2.24) is 15.2 Å². The number of aliphatic imine (C=N–C) groups is 1. The van der Waals surface area contributed by atoms with Crippen LogP contribution in [0.5, 0.6) is 0 Å². The van der Waals surface area contributed by atoms with Gasteiger partial charge >= 0.3 is 41.6 Å². The molecule has 0 spiro atoms. The number of alkyl carbamates (subject to hydrolysis) is 1. The van der Waals surface area contributed by atoms with E-state index in [0.29, 0.717) is 5.57 Å². The second kappa shape index (κ2) is 12.4. The van der Waals surface area contributed by atoms with Crippen LogP contribution in [0.4, 0.5) is 9.93 Å². The number of carboxylic acids is 1. The number of oxime groups is 1. The molecule has 0 aliphatic carbocycles. The largest absolute Gasteiger partial charge is 1.00 e. The van der Waals surface area contributed by atoms with Crippen LogP contribution >= 0.6 is 23.1 Å². The van der Waals surface area contributed by atoms with E-state index < -0.39 is 41.0 Å². The van der Waals surface area contributed by atoms with Gasteiger partial charge in [0.25, 0.3) is 5.91 Å². The Kier molecular flexibility index (Phi) is 10.1. The molecule has 16 heteroatoms. The van der Waals surface area contributed by atoms with Gasteiger partial charge in [0.1, 0.15) is 29.1 Å². The number of fused-ring (bicyclic) bond motifs is 1. The number of hydrogen-bond acceptors (Lipinski definition) is 12. The van der Waals surface area contributed by atoms with Crippen LogP contribution < -0.4 is 45.7 Å². The Morgan fingerprint density at radius 1 is 1.49 bits per heavy atom. The van der Waals surface area contributed by atoms with Gasteiger partial charge in [0.2, 0.25) is 0 Å². The number of β-lactam (4-membered cyclic amide) rings is 1. The number of ether oxygens (including phenoxy) is 1. The van der Waals surface area contributed by atoms with Gasteiger partial charge in [-0.25, -0.2) is 14.6 Å². The van der Waals surface area contributed by atoms with Crippen LogP contribution in [0.1, 0.15) is 19.5 Å². The summed E-state index contributed by atoms with van der Waals surface area (Å²) in [4.78, 5) is 44.8. The Labute approximate surface area is 230 Å². The molecule has 2 amide bonds. The van der Waals surface area contributed by atoms with Crippen LogP contribution in [0.25, 0.3) is 0 Å². The number of nitrogens with one attached hydrogen (secondary N) is 1. The van der Waals surface area contributed by atoms with Crippen molar-refractivity contribution >= 4 is 57.8 Å². The fraction of sp³-hybridized carbons (Fsp3) is 0.368. The number of rotatable bonds is 8. The number of carbonyl (C=O) groups excluding carboxylic acids is 2. The molecule has 0 aromatic carbocycles. The van der Waals surface area contributed by atoms with Crippen molar-refractivity contribution < 1.29 is 64.1 Å². The molecule has 1 aromatic heterocycles. The van der Waals surface area contributed by atoms with Gasteiger partial charge in [0.05, 0.1) is 0 Å². The Balaban J connectivity index is 0.00000432. The van der Waals surface area contributed by atoms with Gasteiger partial charge in [-0.3, -0.25) is 14.7 Å². The molecule has 0 unspecified atom stereocenters. The van der Waals surface area contributed by atoms with E-state index in [4.69, 9.17) is 10.5 Å². The summed E-state index contributed by atoms with van der Waals surface area (Å²) < 4.78 is 4.96. The molecule has 3 rings (SSSR count). The van der Waals surface area contributed by atoms with E-state index in [1.807, 2.05) is 0 Å². The number of allylic oxidation sites excluding steroid dienone is 1. The van der Waals surface area contributed by atoms with Gasteiger partial charge < -0.3 is 31.2 Å². The van der Waals surface area contributed by atoms with Gasteiger partial charge in [0.15, 0.2) is 11.2 Å². The molecule has 35 heavy (non-hydrogen) atoms. The summed E-state index contributed by atoms with van der Waals surface area (Å²) in [5, 5.41) is 37.7. The van der Waals surface area contributed by atoms with Crippen molar-refractivity contribution in [1.29, 1.82) is 0 Å². The first-order valence-electron chi connectivity index (χ1n) is 9.83. The molecule has 13 nitrogen and oxygen atoms in total. The molecule has 2 aliphatic heterocycles. The van der Waals surface area contributed by atoms with Gasteiger partial charge in [-0.1, -0.05) is 11.2 Å². The zero-order valence-electron chi connectivity index (χ0n) is 19.0. The fourth-order valence-corrected chi connectivity index (χ4v) is 4.96. The Hall–Kier alpha value is -2.59. The molecule has 1 fully saturated rings. The minimum absolute atomic E-state index is 0. The number of hydrogen-bond donors (Lipinski definition) is 4. The zero-order valence-corrected chi connectivity index (χ0v) is 22.6. The molecule has 1 aromatic rings. The second-order valence-corrected chi connectivity index (χ2v) is 9.28. The molecule has 2 aliphatic rings. The van der Waals surface area contributed by atoms with E-state index in [-0.39, 0.29) is 64.5 Å². The first kappa shape index (κ1) is 28.6. The standard InChI is InChI=1S/C19H22N6O7S2.Na/c1-8(2)21-19(30)32-5-3-4-9-6-33-16-12(15(27)25(16)13(9)17(28)29)23-14(26)11(24-31)10-7-34-18(20)22-10;/h3-4,7-8,12,16,31H,5-6H2,1-2H3,(H2,20,22)(H,21,30)(H,23,26)(H,28,29);/q;+1/p-1/b4-3-,24-11+;/t12-,16-;/m1./s1. The summed E-state index contributed by atoms with van der Waals surface area (Å²) in [6.45, 7) is 3.47. The monoisotopic (exact) mass is 532 g/mol. The summed E-state index contributed by atoms with van der Waals surface area (Å²) in [6, 6.07) is -1.24. The molecule has 3 heterocycles. The second-order valence-electron chi connectivity index (χ2n) is 7.29. The Morgan fingerprint density at radius 3 is 2.77 bits per heavy atom. The van der Waals surface area contributed by atoms with Crippen molar-refractivity contribution in [3.63, 3.8) is 0 Å². The number of anilines is 1. The van der Waals surface area contributed by atoms with Crippen molar-refractivity contribution in [3.8, 4) is 0 Å². The van der Waals surface area contributed by atoms with Crippen LogP contribution in [-0.2, 0) is 14.3 Å². The number of nitrogens with zero attached hydrogens (tertiary/aromatic N) is 4. The van der Waals surface area contributed by atoms with Gasteiger partial charge in [-0.2, -0.15) is 0 Å². The number of nitrogen functional groups attached to an aromatic ring is 1. The summed E-state index contributed by atoms with van der Waals surface area (Å²) in [6.07, 6.45) is 2.34. The fourth-order valence-electron chi connectivity index (χ4n) is 3.12. The van der Waals surface area contributed by atoms with E-state index in [2.05, 4.69) is 20.4 Å². The van der Waals surface area contributed by atoms with E-state index >= 15 is 0 Å². The number of amides is 2. The molecule has 5 N–H and O–H groups in total. The van der Waals surface area contributed by atoms with Crippen molar-refractivity contribution in [2.45, 2.75) is 31.3 Å². The average Bonchev–Trinajstić information content (AvgIpc) is 3.20. The zero-order chi connectivity index (χ0) is 25.0. The molecular weight excluding hydrogens is 511 g/mol. The maximum absolute atomic E-state index is 12.7. The Bertz CT molecular complexity index is 1120. The van der Waals surface area contributed by atoms with Crippen LogP contribution in [0.15, 0.2) is 39.0 Å². The predicted octanol–water partition coefficient (Wildman–Crippen LogP) is -3.02. The average molecular weight is 533 g/mol. The molecule has 0 radical (unpaired) electrons. The molecular formula is C19H21N6NaO7S2. The number of aliphatic carboxylic acids is 1. The van der Waals surface area contributed by atoms with Crippen LogP contribution in [-0.4, -0.2) is 79.6 Å². The van der Waals surface area contributed by atoms with Gasteiger partial charge in [-0.15, -0.1) is 23.1 Å². The number of carboxylic acid groups (broad SMARTS) is 1. The molecule has 1 saturated heterocycles. The van der Waals surface area contributed by atoms with E-state index in [1.165, 1.54) is 29.3 Å². The van der Waals surface area contributed by atoms with Crippen LogP contribution in [0.3, 0.4) is 0 Å². The first-order valence-corrected chi connectivity index (χ1v) is 11.8. The molecule has 2 atom stereocenters. The quantitative estimate of drug-likeness (QED) is 0.0666. The summed E-state index contributed by atoms with van der Waals surface area (Å²) in [5.41, 5.74) is 5.17. The van der Waals surface area contributed by atoms with E-state index in [1.54, 1.807) is 13.8 Å². The third-order valence-electron chi connectivity index (χ3n) is 4.53. The van der Waals surface area contributed by atoms with Crippen molar-refractivity contribution in [3.05, 3.63) is 34.5 Å². The minimum Gasteiger partial charge on any atom is -0.857 e. The molecule has 182 valence electrons. The number of nitrogens with two attached hydrogens (primary N) is 1. The number of carbonyl (C=O) groups is 3. The van der Waals surface area contributed by atoms with E-state index in [9.17, 15) is 29.8 Å². The normalized spacial score (nSPS) is 20.4. The topological polar surface area (TPSA) is 203 Å². The van der Waals surface area contributed by atoms with Gasteiger partial charge in [0, 0.05) is 23.1 Å². The number of thioether (sulfide) groups is 1. The number of aromatic nitrogens is 1. The van der Waals surface area contributed by atoms with E-state index in [0.717, 1.165) is 16.2 Å². The van der Waals surface area contributed by atoms with Crippen LogP contribution in [0, 0.1) is 0 Å². The number of thiazole rings is 1. The summed E-state index contributed by atoms with van der Waals surface area (Å²) in [5.74, 6) is -2.77.